The van der Waals surface area contributed by atoms with Gasteiger partial charge in [0.1, 0.15) is 0 Å². The Morgan fingerprint density at radius 2 is 2.11 bits per heavy atom. The van der Waals surface area contributed by atoms with E-state index in [0.29, 0.717) is 13.2 Å². The summed E-state index contributed by atoms with van der Waals surface area (Å²) in [6.07, 6.45) is 1.71. The van der Waals surface area contributed by atoms with Crippen molar-refractivity contribution in [1.29, 1.82) is 0 Å². The van der Waals surface area contributed by atoms with Crippen LogP contribution in [0, 0.1) is 6.92 Å². The molecule has 1 fully saturated rings. The van der Waals surface area contributed by atoms with Crippen molar-refractivity contribution >= 4 is 11.6 Å². The van der Waals surface area contributed by atoms with Crippen LogP contribution in [0.4, 0.5) is 0 Å². The first kappa shape index (κ1) is 13.8. The molecule has 1 saturated heterocycles. The Morgan fingerprint density at radius 1 is 1.39 bits per heavy atom. The number of aliphatic hydroxyl groups excluding tert-OH is 1. The van der Waals surface area contributed by atoms with Crippen molar-refractivity contribution < 1.29 is 9.84 Å². The summed E-state index contributed by atoms with van der Waals surface area (Å²) in [5.41, 5.74) is 2.21. The molecule has 2 N–H and O–H groups in total. The van der Waals surface area contributed by atoms with Crippen LogP contribution < -0.4 is 5.32 Å². The van der Waals surface area contributed by atoms with Crippen molar-refractivity contribution in [2.45, 2.75) is 31.8 Å². The van der Waals surface area contributed by atoms with Crippen molar-refractivity contribution in [3.8, 4) is 0 Å². The fourth-order valence-electron chi connectivity index (χ4n) is 2.29. The third-order valence-corrected chi connectivity index (χ3v) is 3.95. The van der Waals surface area contributed by atoms with Crippen LogP contribution >= 0.6 is 11.6 Å². The van der Waals surface area contributed by atoms with E-state index in [-0.39, 0.29) is 12.1 Å². The number of aliphatic hydroxyl groups is 1. The number of ether oxygens (including phenoxy) is 1. The molecule has 2 rings (SSSR count). The van der Waals surface area contributed by atoms with Crippen LogP contribution in [0.15, 0.2) is 18.2 Å². The Hall–Kier alpha value is -0.610. The van der Waals surface area contributed by atoms with Crippen molar-refractivity contribution in [2.75, 3.05) is 19.8 Å². The van der Waals surface area contributed by atoms with E-state index in [9.17, 15) is 5.11 Å². The lowest BCUT2D eigenvalue weighted by Crippen LogP contribution is -2.51. The van der Waals surface area contributed by atoms with Gasteiger partial charge in [-0.3, -0.25) is 0 Å². The molecule has 18 heavy (non-hydrogen) atoms. The molecule has 0 aliphatic carbocycles. The topological polar surface area (TPSA) is 41.5 Å². The molecule has 0 bridgehead atoms. The average Bonchev–Trinajstić information content (AvgIpc) is 2.39. The van der Waals surface area contributed by atoms with Gasteiger partial charge in [-0.15, -0.1) is 0 Å². The van der Waals surface area contributed by atoms with Gasteiger partial charge in [0.2, 0.25) is 0 Å². The summed E-state index contributed by atoms with van der Waals surface area (Å²) in [7, 11) is 0. The fraction of sp³-hybridized carbons (Fsp3) is 0.571. The molecule has 1 aliphatic heterocycles. The number of benzene rings is 1. The van der Waals surface area contributed by atoms with Crippen molar-refractivity contribution in [3.05, 3.63) is 34.3 Å². The molecular formula is C14H20ClNO2. The highest BCUT2D eigenvalue weighted by Gasteiger charge is 2.31. The molecule has 0 unspecified atom stereocenters. The van der Waals surface area contributed by atoms with Gasteiger partial charge in [0.25, 0.3) is 0 Å². The highest BCUT2D eigenvalue weighted by molar-refractivity contribution is 6.30. The highest BCUT2D eigenvalue weighted by Crippen LogP contribution is 2.22. The largest absolute Gasteiger partial charge is 0.394 e. The minimum absolute atomic E-state index is 0.156. The molecule has 0 aromatic heterocycles. The van der Waals surface area contributed by atoms with Gasteiger partial charge < -0.3 is 15.2 Å². The smallest absolute Gasteiger partial charge is 0.0615 e. The normalized spacial score (nSPS) is 18.8. The maximum atomic E-state index is 9.59. The summed E-state index contributed by atoms with van der Waals surface area (Å²) in [5, 5.41) is 13.8. The zero-order valence-electron chi connectivity index (χ0n) is 10.7. The second-order valence-corrected chi connectivity index (χ2v) is 5.41. The van der Waals surface area contributed by atoms with E-state index in [4.69, 9.17) is 16.3 Å². The molecule has 1 aromatic carbocycles. The van der Waals surface area contributed by atoms with Gasteiger partial charge in [-0.1, -0.05) is 17.7 Å². The fourth-order valence-corrected chi connectivity index (χ4v) is 2.52. The SMILES string of the molecule is Cc1cc(Cl)ccc1CNC1(CO)CCOCC1. The Morgan fingerprint density at radius 3 is 2.72 bits per heavy atom. The lowest BCUT2D eigenvalue weighted by atomic mass is 9.90. The molecule has 0 radical (unpaired) electrons. The molecule has 0 spiro atoms. The first-order valence-corrected chi connectivity index (χ1v) is 6.72. The van der Waals surface area contributed by atoms with Crippen molar-refractivity contribution in [2.24, 2.45) is 0 Å². The van der Waals surface area contributed by atoms with Gasteiger partial charge in [0.05, 0.1) is 6.61 Å². The molecule has 1 heterocycles. The molecular weight excluding hydrogens is 250 g/mol. The maximum absolute atomic E-state index is 9.59. The molecule has 0 atom stereocenters. The van der Waals surface area contributed by atoms with E-state index in [0.717, 1.165) is 24.4 Å². The summed E-state index contributed by atoms with van der Waals surface area (Å²) in [4.78, 5) is 0. The van der Waals surface area contributed by atoms with Gasteiger partial charge in [-0.25, -0.2) is 0 Å². The quantitative estimate of drug-likeness (QED) is 0.881. The van der Waals surface area contributed by atoms with Gasteiger partial charge in [-0.05, 0) is 43.0 Å². The Balaban J connectivity index is 2.01. The number of aryl methyl sites for hydroxylation is 1. The van der Waals surface area contributed by atoms with Crippen LogP contribution in [0.5, 0.6) is 0 Å². The first-order chi connectivity index (χ1) is 8.65. The Kier molecular flexibility index (Phi) is 4.62. The van der Waals surface area contributed by atoms with E-state index in [1.165, 1.54) is 11.1 Å². The highest BCUT2D eigenvalue weighted by atomic mass is 35.5. The number of rotatable bonds is 4. The zero-order valence-corrected chi connectivity index (χ0v) is 11.5. The van der Waals surface area contributed by atoms with E-state index in [1.807, 2.05) is 18.2 Å². The Labute approximate surface area is 113 Å². The van der Waals surface area contributed by atoms with Crippen LogP contribution in [-0.4, -0.2) is 30.5 Å². The molecule has 1 aromatic rings. The number of nitrogens with one attached hydrogen (secondary N) is 1. The molecule has 3 nitrogen and oxygen atoms in total. The van der Waals surface area contributed by atoms with Gasteiger partial charge in [0, 0.05) is 30.3 Å². The number of hydrogen-bond acceptors (Lipinski definition) is 3. The van der Waals surface area contributed by atoms with Gasteiger partial charge in [-0.2, -0.15) is 0 Å². The lowest BCUT2D eigenvalue weighted by Gasteiger charge is -2.36. The first-order valence-electron chi connectivity index (χ1n) is 6.34. The molecule has 1 aliphatic rings. The molecule has 100 valence electrons. The minimum Gasteiger partial charge on any atom is -0.394 e. The zero-order chi connectivity index (χ0) is 13.0. The number of hydrogen-bond donors (Lipinski definition) is 2. The van der Waals surface area contributed by atoms with Crippen molar-refractivity contribution in [1.82, 2.24) is 5.32 Å². The lowest BCUT2D eigenvalue weighted by molar-refractivity contribution is 0.0111. The standard InChI is InChI=1S/C14H20ClNO2/c1-11-8-13(15)3-2-12(11)9-16-14(10-17)4-6-18-7-5-14/h2-3,8,16-17H,4-7,9-10H2,1H3. The van der Waals surface area contributed by atoms with Crippen LogP contribution in [0.1, 0.15) is 24.0 Å². The monoisotopic (exact) mass is 269 g/mol. The third-order valence-electron chi connectivity index (χ3n) is 3.71. The maximum Gasteiger partial charge on any atom is 0.0615 e. The van der Waals surface area contributed by atoms with E-state index in [1.54, 1.807) is 0 Å². The summed E-state index contributed by atoms with van der Waals surface area (Å²) < 4.78 is 5.35. The van der Waals surface area contributed by atoms with E-state index < -0.39 is 0 Å². The summed E-state index contributed by atoms with van der Waals surface area (Å²) in [6, 6.07) is 5.91. The van der Waals surface area contributed by atoms with Crippen LogP contribution in [-0.2, 0) is 11.3 Å². The molecule has 4 heteroatoms. The van der Waals surface area contributed by atoms with E-state index >= 15 is 0 Å². The molecule has 0 amide bonds. The Bertz CT molecular complexity index is 403. The summed E-state index contributed by atoms with van der Waals surface area (Å²) in [6.45, 7) is 4.39. The van der Waals surface area contributed by atoms with Crippen molar-refractivity contribution in [3.63, 3.8) is 0 Å². The summed E-state index contributed by atoms with van der Waals surface area (Å²) >= 11 is 5.94. The minimum atomic E-state index is -0.190. The second kappa shape index (κ2) is 6.02. The van der Waals surface area contributed by atoms with Crippen LogP contribution in [0.2, 0.25) is 5.02 Å². The van der Waals surface area contributed by atoms with Gasteiger partial charge in [0.15, 0.2) is 0 Å². The average molecular weight is 270 g/mol. The van der Waals surface area contributed by atoms with Crippen LogP contribution in [0.3, 0.4) is 0 Å². The van der Waals surface area contributed by atoms with Crippen LogP contribution in [0.25, 0.3) is 0 Å². The predicted molar refractivity (Wildman–Crippen MR) is 72.9 cm³/mol. The van der Waals surface area contributed by atoms with Gasteiger partial charge >= 0.3 is 0 Å². The second-order valence-electron chi connectivity index (χ2n) is 4.98. The number of halogens is 1. The third kappa shape index (κ3) is 3.23. The predicted octanol–water partition coefficient (Wildman–Crippen LogP) is 2.28. The van der Waals surface area contributed by atoms with E-state index in [2.05, 4.69) is 12.2 Å². The summed E-state index contributed by atoms with van der Waals surface area (Å²) in [5.74, 6) is 0. The molecule has 0 saturated carbocycles.